The molecular weight excluding hydrogens is 318 g/mol. The molecule has 0 unspecified atom stereocenters. The van der Waals surface area contributed by atoms with E-state index in [-0.39, 0.29) is 18.2 Å². The van der Waals surface area contributed by atoms with Gasteiger partial charge in [-0.3, -0.25) is 4.90 Å². The molecule has 3 rings (SSSR count). The van der Waals surface area contributed by atoms with E-state index in [1.165, 1.54) is 12.8 Å². The minimum absolute atomic E-state index is 0.178. The number of nitrogens with zero attached hydrogens (tertiary/aromatic N) is 3. The van der Waals surface area contributed by atoms with Gasteiger partial charge < -0.3 is 20.3 Å². The van der Waals surface area contributed by atoms with Crippen molar-refractivity contribution in [1.29, 1.82) is 0 Å². The van der Waals surface area contributed by atoms with E-state index in [1.807, 2.05) is 12.1 Å². The predicted molar refractivity (Wildman–Crippen MR) is 99.2 cm³/mol. The minimum atomic E-state index is -0.178. The van der Waals surface area contributed by atoms with Crippen LogP contribution in [0.1, 0.15) is 26.7 Å². The van der Waals surface area contributed by atoms with Crippen LogP contribution in [0.3, 0.4) is 0 Å². The summed E-state index contributed by atoms with van der Waals surface area (Å²) >= 11 is 0. The smallest absolute Gasteiger partial charge is 0.319 e. The zero-order valence-corrected chi connectivity index (χ0v) is 15.2. The van der Waals surface area contributed by atoms with Gasteiger partial charge in [0.15, 0.2) is 5.82 Å². The van der Waals surface area contributed by atoms with E-state index >= 15 is 0 Å². The fraction of sp³-hybridized carbons (Fsp3) is 0.667. The molecule has 2 N–H and O–H groups in total. The maximum Gasteiger partial charge on any atom is 0.319 e. The normalized spacial score (nSPS) is 24.3. The third-order valence-corrected chi connectivity index (χ3v) is 4.65. The second-order valence-corrected chi connectivity index (χ2v) is 6.97. The van der Waals surface area contributed by atoms with Gasteiger partial charge in [-0.1, -0.05) is 0 Å². The quantitative estimate of drug-likeness (QED) is 0.851. The zero-order chi connectivity index (χ0) is 17.6. The molecule has 0 aromatic carbocycles. The summed E-state index contributed by atoms with van der Waals surface area (Å²) in [5, 5.41) is 5.89. The van der Waals surface area contributed by atoms with Gasteiger partial charge in [0.25, 0.3) is 0 Å². The molecule has 0 bridgehead atoms. The van der Waals surface area contributed by atoms with Crippen molar-refractivity contribution in [3.8, 4) is 0 Å². The summed E-state index contributed by atoms with van der Waals surface area (Å²) in [6, 6.07) is 3.58. The minimum Gasteiger partial charge on any atom is -0.373 e. The van der Waals surface area contributed by atoms with E-state index in [0.29, 0.717) is 6.54 Å². The molecule has 2 aliphatic heterocycles. The number of rotatable bonds is 5. The molecule has 2 aliphatic rings. The Labute approximate surface area is 149 Å². The van der Waals surface area contributed by atoms with Crippen LogP contribution in [0.5, 0.6) is 0 Å². The first-order chi connectivity index (χ1) is 12.1. The Balaban J connectivity index is 1.46. The molecule has 0 radical (unpaired) electrons. The summed E-state index contributed by atoms with van der Waals surface area (Å²) in [6.07, 6.45) is 4.63. The third-order valence-electron chi connectivity index (χ3n) is 4.65. The van der Waals surface area contributed by atoms with Crippen molar-refractivity contribution in [2.45, 2.75) is 38.9 Å². The van der Waals surface area contributed by atoms with Crippen LogP contribution >= 0.6 is 0 Å². The van der Waals surface area contributed by atoms with E-state index in [1.54, 1.807) is 6.20 Å². The van der Waals surface area contributed by atoms with E-state index < -0.39 is 0 Å². The molecule has 1 aromatic heterocycles. The highest BCUT2D eigenvalue weighted by atomic mass is 16.5. The third kappa shape index (κ3) is 5.06. The first kappa shape index (κ1) is 17.9. The molecule has 2 fully saturated rings. The summed E-state index contributed by atoms with van der Waals surface area (Å²) < 4.78 is 5.73. The summed E-state index contributed by atoms with van der Waals surface area (Å²) in [7, 11) is 0. The van der Waals surface area contributed by atoms with Crippen molar-refractivity contribution < 1.29 is 9.53 Å². The molecule has 0 aliphatic carbocycles. The van der Waals surface area contributed by atoms with Crippen LogP contribution in [0, 0.1) is 0 Å². The van der Waals surface area contributed by atoms with Gasteiger partial charge in [0.2, 0.25) is 0 Å². The van der Waals surface area contributed by atoms with Crippen LogP contribution in [0.4, 0.5) is 16.3 Å². The Morgan fingerprint density at radius 2 is 2.00 bits per heavy atom. The number of anilines is 2. The molecule has 1 aromatic rings. The number of urea groups is 1. The monoisotopic (exact) mass is 347 g/mol. The van der Waals surface area contributed by atoms with E-state index in [2.05, 4.69) is 39.3 Å². The molecule has 25 heavy (non-hydrogen) atoms. The van der Waals surface area contributed by atoms with Crippen LogP contribution in [-0.4, -0.2) is 67.4 Å². The molecule has 0 saturated carbocycles. The maximum absolute atomic E-state index is 12.2. The number of hydrogen-bond acceptors (Lipinski definition) is 5. The highest BCUT2D eigenvalue weighted by molar-refractivity contribution is 5.92. The average Bonchev–Trinajstić information content (AvgIpc) is 3.09. The first-order valence-corrected chi connectivity index (χ1v) is 9.24. The number of hydrogen-bond donors (Lipinski definition) is 2. The second-order valence-electron chi connectivity index (χ2n) is 6.97. The van der Waals surface area contributed by atoms with Crippen molar-refractivity contribution >= 4 is 17.5 Å². The number of ether oxygens (including phenoxy) is 1. The van der Waals surface area contributed by atoms with Crippen LogP contribution in [0.2, 0.25) is 0 Å². The number of morpholine rings is 1. The summed E-state index contributed by atoms with van der Waals surface area (Å²) in [6.45, 7) is 9.45. The second kappa shape index (κ2) is 8.49. The first-order valence-electron chi connectivity index (χ1n) is 9.24. The van der Waals surface area contributed by atoms with Crippen LogP contribution in [0.25, 0.3) is 0 Å². The predicted octanol–water partition coefficient (Wildman–Crippen LogP) is 1.91. The fourth-order valence-electron chi connectivity index (χ4n) is 3.64. The fourth-order valence-corrected chi connectivity index (χ4v) is 3.64. The van der Waals surface area contributed by atoms with E-state index in [0.717, 1.165) is 44.2 Å². The van der Waals surface area contributed by atoms with E-state index in [4.69, 9.17) is 4.74 Å². The van der Waals surface area contributed by atoms with E-state index in [9.17, 15) is 4.79 Å². The molecule has 3 heterocycles. The van der Waals surface area contributed by atoms with Gasteiger partial charge in [0, 0.05) is 45.5 Å². The molecular formula is C18H29N5O2. The van der Waals surface area contributed by atoms with Crippen molar-refractivity contribution in [2.75, 3.05) is 49.5 Å². The summed E-state index contributed by atoms with van der Waals surface area (Å²) in [5.74, 6) is 0.867. The standard InChI is InChI=1S/C18H29N5O2/c1-14-12-22(13-15(2)25-14)11-8-20-18(24)21-16-6-5-7-19-17(16)23-9-3-4-10-23/h5-7,14-15H,3-4,8-13H2,1-2H3,(H2,20,21,24)/t14-,15-/m1/s1. The lowest BCUT2D eigenvalue weighted by Crippen LogP contribution is -2.48. The number of pyridine rings is 1. The molecule has 7 heteroatoms. The Kier molecular flexibility index (Phi) is 6.09. The largest absolute Gasteiger partial charge is 0.373 e. The molecule has 7 nitrogen and oxygen atoms in total. The van der Waals surface area contributed by atoms with Crippen LogP contribution in [-0.2, 0) is 4.74 Å². The topological polar surface area (TPSA) is 69.7 Å². The lowest BCUT2D eigenvalue weighted by molar-refractivity contribution is -0.0672. The van der Waals surface area contributed by atoms with Gasteiger partial charge in [0.05, 0.1) is 17.9 Å². The highest BCUT2D eigenvalue weighted by Gasteiger charge is 2.22. The van der Waals surface area contributed by atoms with Gasteiger partial charge in [-0.15, -0.1) is 0 Å². The molecule has 0 spiro atoms. The maximum atomic E-state index is 12.2. The number of carbonyl (C=O) groups excluding carboxylic acids is 1. The highest BCUT2D eigenvalue weighted by Crippen LogP contribution is 2.25. The molecule has 138 valence electrons. The molecule has 2 atom stereocenters. The molecule has 2 amide bonds. The van der Waals surface area contributed by atoms with Gasteiger partial charge in [-0.25, -0.2) is 9.78 Å². The Bertz CT molecular complexity index is 566. The van der Waals surface area contributed by atoms with Crippen LogP contribution < -0.4 is 15.5 Å². The lowest BCUT2D eigenvalue weighted by Gasteiger charge is -2.35. The van der Waals surface area contributed by atoms with Crippen molar-refractivity contribution in [3.05, 3.63) is 18.3 Å². The van der Waals surface area contributed by atoms with Crippen molar-refractivity contribution in [3.63, 3.8) is 0 Å². The van der Waals surface area contributed by atoms with Crippen molar-refractivity contribution in [2.24, 2.45) is 0 Å². The van der Waals surface area contributed by atoms with Crippen molar-refractivity contribution in [1.82, 2.24) is 15.2 Å². The van der Waals surface area contributed by atoms with Gasteiger partial charge >= 0.3 is 6.03 Å². The lowest BCUT2D eigenvalue weighted by atomic mass is 10.2. The van der Waals surface area contributed by atoms with Gasteiger partial charge in [-0.05, 0) is 38.8 Å². The summed E-state index contributed by atoms with van der Waals surface area (Å²) in [4.78, 5) is 21.2. The number of aromatic nitrogens is 1. The summed E-state index contributed by atoms with van der Waals surface area (Å²) in [5.41, 5.74) is 0.774. The zero-order valence-electron chi connectivity index (χ0n) is 15.2. The number of amides is 2. The van der Waals surface area contributed by atoms with Gasteiger partial charge in [-0.2, -0.15) is 0 Å². The number of nitrogens with one attached hydrogen (secondary N) is 2. The number of carbonyl (C=O) groups is 1. The molecule has 2 saturated heterocycles. The Morgan fingerprint density at radius 1 is 1.28 bits per heavy atom. The Morgan fingerprint density at radius 3 is 2.72 bits per heavy atom. The van der Waals surface area contributed by atoms with Gasteiger partial charge in [0.1, 0.15) is 0 Å². The van der Waals surface area contributed by atoms with Crippen LogP contribution in [0.15, 0.2) is 18.3 Å². The average molecular weight is 347 g/mol. The SMILES string of the molecule is C[C@@H]1CN(CCNC(=O)Nc2cccnc2N2CCCC2)C[C@@H](C)O1. The Hall–Kier alpha value is -1.86.